The lowest BCUT2D eigenvalue weighted by molar-refractivity contribution is -0.384. The molecule has 1 aliphatic heterocycles. The Kier molecular flexibility index (Phi) is 8.15. The number of amides is 1. The van der Waals surface area contributed by atoms with Gasteiger partial charge in [0.25, 0.3) is 5.69 Å². The molecule has 0 spiro atoms. The van der Waals surface area contributed by atoms with Crippen LogP contribution in [0.1, 0.15) is 23.5 Å². The largest absolute Gasteiger partial charge is 0.496 e. The summed E-state index contributed by atoms with van der Waals surface area (Å²) < 4.78 is 16.7. The highest BCUT2D eigenvalue weighted by molar-refractivity contribution is 7.80. The highest BCUT2D eigenvalue weighted by atomic mass is 35.5. The van der Waals surface area contributed by atoms with E-state index in [9.17, 15) is 14.9 Å². The Morgan fingerprint density at radius 1 is 1.20 bits per heavy atom. The lowest BCUT2D eigenvalue weighted by Gasteiger charge is -2.26. The lowest BCUT2D eigenvalue weighted by atomic mass is 10.0. The fraction of sp³-hybridized carbons (Fsp3) is 0.179. The van der Waals surface area contributed by atoms with E-state index in [2.05, 4.69) is 15.6 Å². The zero-order valence-electron chi connectivity index (χ0n) is 21.9. The number of carbonyl (C=O) groups excluding carboxylic acids is 1. The summed E-state index contributed by atoms with van der Waals surface area (Å²) in [5, 5.41) is 18.0. The van der Waals surface area contributed by atoms with Gasteiger partial charge in [-0.15, -0.1) is 0 Å². The number of anilines is 2. The number of benzene rings is 2. The molecule has 41 heavy (non-hydrogen) atoms. The molecule has 0 aliphatic carbocycles. The molecule has 2 N–H and O–H groups in total. The number of nitro groups is 1. The molecule has 0 radical (unpaired) electrons. The second-order valence-electron chi connectivity index (χ2n) is 8.99. The van der Waals surface area contributed by atoms with Crippen molar-refractivity contribution < 1.29 is 23.6 Å². The summed E-state index contributed by atoms with van der Waals surface area (Å²) in [4.78, 5) is 29.2. The van der Waals surface area contributed by atoms with Crippen LogP contribution < -0.4 is 20.3 Å². The molecular weight excluding hydrogens is 570 g/mol. The minimum Gasteiger partial charge on any atom is -0.496 e. The van der Waals surface area contributed by atoms with Crippen molar-refractivity contribution in [2.45, 2.75) is 12.1 Å². The van der Waals surface area contributed by atoms with Gasteiger partial charge in [0.1, 0.15) is 29.9 Å². The van der Waals surface area contributed by atoms with E-state index in [0.29, 0.717) is 44.3 Å². The third-order valence-electron chi connectivity index (χ3n) is 6.46. The minimum atomic E-state index is -0.486. The van der Waals surface area contributed by atoms with Crippen LogP contribution in [0.3, 0.4) is 0 Å². The van der Waals surface area contributed by atoms with Crippen molar-refractivity contribution in [2.24, 2.45) is 0 Å². The Bertz CT molecular complexity index is 1610. The van der Waals surface area contributed by atoms with Gasteiger partial charge in [0.2, 0.25) is 5.91 Å². The number of hydrogen-bond donors (Lipinski definition) is 2. The number of thiocarbonyl (C=S) groups is 1. The fourth-order valence-electron chi connectivity index (χ4n) is 4.65. The van der Waals surface area contributed by atoms with Crippen LogP contribution in [0, 0.1) is 10.1 Å². The summed E-state index contributed by atoms with van der Waals surface area (Å²) in [7, 11) is 2.87. The van der Waals surface area contributed by atoms with Crippen LogP contribution >= 0.6 is 23.8 Å². The van der Waals surface area contributed by atoms with Crippen LogP contribution in [0.4, 0.5) is 17.1 Å². The first-order valence-electron chi connectivity index (χ1n) is 12.3. The Balaban J connectivity index is 1.55. The zero-order valence-corrected chi connectivity index (χ0v) is 23.4. The Morgan fingerprint density at radius 2 is 2.02 bits per heavy atom. The van der Waals surface area contributed by atoms with Crippen molar-refractivity contribution in [1.29, 1.82) is 0 Å². The maximum atomic E-state index is 12.0. The van der Waals surface area contributed by atoms with Crippen LogP contribution in [0.2, 0.25) is 5.02 Å². The molecule has 2 aromatic heterocycles. The highest BCUT2D eigenvalue weighted by Gasteiger charge is 2.43. The third-order valence-corrected chi connectivity index (χ3v) is 7.09. The van der Waals surface area contributed by atoms with Gasteiger partial charge in [-0.25, -0.2) is 0 Å². The molecule has 0 saturated carbocycles. The molecule has 0 unspecified atom stereocenters. The first-order chi connectivity index (χ1) is 19.8. The highest BCUT2D eigenvalue weighted by Crippen LogP contribution is 2.45. The molecule has 2 atom stereocenters. The lowest BCUT2D eigenvalue weighted by Crippen LogP contribution is -2.29. The maximum absolute atomic E-state index is 12.0. The first kappa shape index (κ1) is 28.0. The van der Waals surface area contributed by atoms with E-state index < -0.39 is 11.0 Å². The molecule has 3 heterocycles. The Labute approximate surface area is 245 Å². The molecule has 0 bridgehead atoms. The number of furan rings is 1. The minimum absolute atomic E-state index is 0.0946. The van der Waals surface area contributed by atoms with Crippen LogP contribution in [0.25, 0.3) is 11.3 Å². The molecule has 5 rings (SSSR count). The molecule has 1 fully saturated rings. The molecule has 210 valence electrons. The average molecular weight is 594 g/mol. The zero-order chi connectivity index (χ0) is 29.1. The van der Waals surface area contributed by atoms with Gasteiger partial charge in [-0.05, 0) is 60.7 Å². The van der Waals surface area contributed by atoms with Gasteiger partial charge in [0, 0.05) is 25.1 Å². The van der Waals surface area contributed by atoms with Gasteiger partial charge >= 0.3 is 0 Å². The van der Waals surface area contributed by atoms with E-state index in [1.807, 2.05) is 29.2 Å². The second-order valence-corrected chi connectivity index (χ2v) is 9.78. The van der Waals surface area contributed by atoms with Gasteiger partial charge in [0.15, 0.2) is 5.11 Å². The standard InChI is InChI=1S/C28H24ClN5O6S/c1-38-15-25(35)31-20-9-7-16(13-19(20)29)33-27(26(32-28(33)41)21-5-3-4-12-30-21)23-11-10-22(40-23)18-8-6-17(34(36)37)14-24(18)39-2/h3-14,26-27H,15H2,1-2H3,(H,31,35)(H,32,41)/t26-,27+/m0/s1. The van der Waals surface area contributed by atoms with Crippen LogP contribution in [0.5, 0.6) is 5.75 Å². The van der Waals surface area contributed by atoms with E-state index in [4.69, 9.17) is 37.7 Å². The molecule has 4 aromatic rings. The maximum Gasteiger partial charge on any atom is 0.273 e. The number of carbonyl (C=O) groups is 1. The molecule has 1 saturated heterocycles. The smallest absolute Gasteiger partial charge is 0.273 e. The fourth-order valence-corrected chi connectivity index (χ4v) is 5.22. The van der Waals surface area contributed by atoms with Crippen LogP contribution in [0.15, 0.2) is 77.3 Å². The number of ether oxygens (including phenoxy) is 2. The number of pyridine rings is 1. The van der Waals surface area contributed by atoms with Crippen molar-refractivity contribution in [2.75, 3.05) is 31.0 Å². The number of aromatic nitrogens is 1. The predicted molar refractivity (Wildman–Crippen MR) is 157 cm³/mol. The molecule has 1 amide bonds. The molecule has 1 aliphatic rings. The van der Waals surface area contributed by atoms with Gasteiger partial charge < -0.3 is 29.4 Å². The van der Waals surface area contributed by atoms with Crippen molar-refractivity contribution in [3.05, 3.63) is 99.5 Å². The SMILES string of the molecule is COCC(=O)Nc1ccc(N2C(=S)N[C@@H](c3ccccn3)[C@H]2c2ccc(-c3ccc([N+](=O)[O-])cc3OC)o2)cc1Cl. The van der Waals surface area contributed by atoms with Gasteiger partial charge in [-0.3, -0.25) is 19.9 Å². The molecule has 13 heteroatoms. The van der Waals surface area contributed by atoms with Crippen molar-refractivity contribution in [3.63, 3.8) is 0 Å². The number of methoxy groups -OCH3 is 2. The summed E-state index contributed by atoms with van der Waals surface area (Å²) in [6.07, 6.45) is 1.70. The van der Waals surface area contributed by atoms with Crippen LogP contribution in [-0.4, -0.2) is 41.8 Å². The van der Waals surface area contributed by atoms with Crippen LogP contribution in [-0.2, 0) is 9.53 Å². The number of nitro benzene ring substituents is 1. The summed E-state index contributed by atoms with van der Waals surface area (Å²) in [5.41, 5.74) is 2.29. The number of hydrogen-bond acceptors (Lipinski definition) is 8. The summed E-state index contributed by atoms with van der Waals surface area (Å²) >= 11 is 12.3. The quantitative estimate of drug-likeness (QED) is 0.142. The Morgan fingerprint density at radius 3 is 2.71 bits per heavy atom. The van der Waals surface area contributed by atoms with E-state index in [1.165, 1.54) is 26.4 Å². The molecule has 2 aromatic carbocycles. The van der Waals surface area contributed by atoms with Crippen molar-refractivity contribution in [1.82, 2.24) is 10.3 Å². The van der Waals surface area contributed by atoms with E-state index >= 15 is 0 Å². The van der Waals surface area contributed by atoms with E-state index in [-0.39, 0.29) is 24.2 Å². The number of non-ortho nitro benzene ring substituents is 1. The Hall–Kier alpha value is -4.52. The van der Waals surface area contributed by atoms with Crippen molar-refractivity contribution in [3.8, 4) is 17.1 Å². The number of rotatable bonds is 9. The molecule has 11 nitrogen and oxygen atoms in total. The topological polar surface area (TPSA) is 132 Å². The number of nitrogens with zero attached hydrogens (tertiary/aromatic N) is 3. The monoisotopic (exact) mass is 593 g/mol. The summed E-state index contributed by atoms with van der Waals surface area (Å²) in [5.74, 6) is 0.977. The van der Waals surface area contributed by atoms with E-state index in [1.54, 1.807) is 36.5 Å². The van der Waals surface area contributed by atoms with Crippen molar-refractivity contribution >= 4 is 51.9 Å². The number of halogens is 1. The van der Waals surface area contributed by atoms with E-state index in [0.717, 1.165) is 5.69 Å². The molecular formula is C28H24ClN5O6S. The predicted octanol–water partition coefficient (Wildman–Crippen LogP) is 5.67. The third kappa shape index (κ3) is 5.71. The van der Waals surface area contributed by atoms with Gasteiger partial charge in [-0.1, -0.05) is 17.7 Å². The number of nitrogens with one attached hydrogen (secondary N) is 2. The van der Waals surface area contributed by atoms with Gasteiger partial charge in [0.05, 0.1) is 46.1 Å². The normalized spacial score (nSPS) is 16.4. The second kappa shape index (κ2) is 11.9. The average Bonchev–Trinajstić information content (AvgIpc) is 3.59. The van der Waals surface area contributed by atoms with Gasteiger partial charge in [-0.2, -0.15) is 0 Å². The first-order valence-corrected chi connectivity index (χ1v) is 13.1. The summed E-state index contributed by atoms with van der Waals surface area (Å²) in [6, 6.07) is 17.8. The summed E-state index contributed by atoms with van der Waals surface area (Å²) in [6.45, 7) is -0.105.